The average molecular weight is 501 g/mol. The Morgan fingerprint density at radius 3 is 0.450 bits per heavy atom. The van der Waals surface area contributed by atoms with E-state index in [1.54, 1.807) is 0 Å². The van der Waals surface area contributed by atoms with Crippen LogP contribution in [0.25, 0.3) is 0 Å². The first-order valence-corrected chi connectivity index (χ1v) is 7.35. The summed E-state index contributed by atoms with van der Waals surface area (Å²) in [5, 5.41) is 0. The first-order chi connectivity index (χ1) is 6.00. The van der Waals surface area contributed by atoms with Crippen LogP contribution in [-0.4, -0.2) is 64.9 Å². The Morgan fingerprint density at radius 2 is 0.450 bits per heavy atom. The van der Waals surface area contributed by atoms with E-state index in [-0.39, 0.29) is 156 Å². The predicted molar refractivity (Wildman–Crippen MR) is 23.0 cm³/mol. The molecule has 20 heavy (non-hydrogen) atoms. The van der Waals surface area contributed by atoms with E-state index >= 15 is 0 Å². The van der Waals surface area contributed by atoms with Crippen LogP contribution in [0.4, 0.5) is 0 Å². The van der Waals surface area contributed by atoms with Crippen molar-refractivity contribution in [3.63, 3.8) is 0 Å². The largest absolute Gasteiger partial charge is 4.00 e. The predicted octanol–water partition coefficient (Wildman–Crippen LogP) is -21.8. The van der Waals surface area contributed by atoms with Gasteiger partial charge < -0.3 is 84.7 Å². The standard InChI is InChI=1S/Ca.K.Li.3O4Si.Ti.Zr/c;;;3*1-5(2,3)4;;/q+2;2*+1;3*-4;2*+4. The van der Waals surface area contributed by atoms with Gasteiger partial charge in [-0.05, 0) is 0 Å². The molecule has 0 aromatic rings. The molecule has 0 unspecified atom stereocenters. The molecular weight excluding hydrogens is 501 g/mol. The van der Waals surface area contributed by atoms with E-state index in [0.717, 1.165) is 0 Å². The monoisotopic (exact) mass is 500 g/mol. The molecule has 0 aliphatic heterocycles. The van der Waals surface area contributed by atoms with Crippen LogP contribution in [0.3, 0.4) is 0 Å². The van der Waals surface area contributed by atoms with E-state index in [0.29, 0.717) is 0 Å². The Morgan fingerprint density at radius 1 is 0.450 bits per heavy atom. The summed E-state index contributed by atoms with van der Waals surface area (Å²) in [7, 11) is -16.8. The van der Waals surface area contributed by atoms with Gasteiger partial charge in [-0.2, -0.15) is 0 Å². The van der Waals surface area contributed by atoms with Crippen LogP contribution in [0.1, 0.15) is 0 Å². The van der Waals surface area contributed by atoms with Gasteiger partial charge in [0.2, 0.25) is 0 Å². The molecule has 0 aromatic heterocycles. The van der Waals surface area contributed by atoms with Crippen molar-refractivity contribution in [1.29, 1.82) is 0 Å². The second-order valence-electron chi connectivity index (χ2n) is 1.50. The molecule has 96 valence electrons. The van der Waals surface area contributed by atoms with Crippen molar-refractivity contribution in [1.82, 2.24) is 0 Å². The molecular formula is CaKLiO12Si3TiZr. The summed E-state index contributed by atoms with van der Waals surface area (Å²) in [6, 6.07) is 0. The molecule has 0 aliphatic carbocycles. The maximum Gasteiger partial charge on any atom is 4.00 e. The maximum absolute atomic E-state index is 8.58. The molecule has 0 aliphatic rings. The molecule has 0 rings (SSSR count). The fourth-order valence-corrected chi connectivity index (χ4v) is 0. The third-order valence-corrected chi connectivity index (χ3v) is 0. The summed E-state index contributed by atoms with van der Waals surface area (Å²) in [6.45, 7) is 0. The number of rotatable bonds is 0. The normalized spacial score (nSPS) is 9.00. The molecule has 0 atom stereocenters. The molecule has 12 nitrogen and oxygen atoms in total. The summed E-state index contributed by atoms with van der Waals surface area (Å²) in [6.07, 6.45) is 0. The Labute approximate surface area is 235 Å². The molecule has 0 radical (unpaired) electrons. The van der Waals surface area contributed by atoms with Crippen molar-refractivity contribution >= 4 is 64.9 Å². The van der Waals surface area contributed by atoms with Crippen LogP contribution in [0.15, 0.2) is 0 Å². The topological polar surface area (TPSA) is 277 Å². The van der Waals surface area contributed by atoms with Gasteiger partial charge in [0.1, 0.15) is 0 Å². The molecule has 0 fully saturated rings. The third kappa shape index (κ3) is 416. The van der Waals surface area contributed by atoms with E-state index < -0.39 is 27.1 Å². The van der Waals surface area contributed by atoms with Gasteiger partial charge in [0, 0.05) is 0 Å². The second kappa shape index (κ2) is 24.3. The maximum atomic E-state index is 8.58. The SMILES string of the molecule is [Ca+2].[K+].[Li+].[O-][Si]([O-])([O-])[O-].[O-][Si]([O-])([O-])[O-].[O-][Si]([O-])([O-])[O-].[Ti+4].[Zr+4]. The fraction of sp³-hybridized carbons (Fsp3) is 0. The molecule has 0 bridgehead atoms. The molecule has 20 heteroatoms. The number of hydrogen-bond donors (Lipinski definition) is 0. The zero-order chi connectivity index (χ0) is 13.5. The Balaban J connectivity index is -0.0000000160. The van der Waals surface area contributed by atoms with Gasteiger partial charge in [-0.25, -0.2) is 0 Å². The van der Waals surface area contributed by atoms with Crippen LogP contribution in [0.2, 0.25) is 0 Å². The average Bonchev–Trinajstić information content (AvgIpc) is 1.41. The van der Waals surface area contributed by atoms with Gasteiger partial charge in [-0.1, -0.05) is 0 Å². The van der Waals surface area contributed by atoms with Crippen LogP contribution in [-0.2, 0) is 47.9 Å². The van der Waals surface area contributed by atoms with Crippen molar-refractivity contribution in [3.8, 4) is 0 Å². The first-order valence-electron chi connectivity index (χ1n) is 2.45. The third-order valence-electron chi connectivity index (χ3n) is 0. The fourth-order valence-electron chi connectivity index (χ4n) is 0. The molecule has 0 aromatic carbocycles. The summed E-state index contributed by atoms with van der Waals surface area (Å²) >= 11 is 0. The molecule has 0 saturated carbocycles. The van der Waals surface area contributed by atoms with Crippen LogP contribution in [0, 0.1) is 0 Å². The van der Waals surface area contributed by atoms with Gasteiger partial charge in [0.05, 0.1) is 0 Å². The summed E-state index contributed by atoms with van der Waals surface area (Å²) in [5.41, 5.74) is 0. The minimum atomic E-state index is -5.61. The number of hydrogen-bond acceptors (Lipinski definition) is 12. The van der Waals surface area contributed by atoms with E-state index in [9.17, 15) is 0 Å². The molecule has 0 saturated heterocycles. The van der Waals surface area contributed by atoms with Crippen molar-refractivity contribution in [3.05, 3.63) is 0 Å². The quantitative estimate of drug-likeness (QED) is 0.280. The van der Waals surface area contributed by atoms with Crippen molar-refractivity contribution in [2.45, 2.75) is 0 Å². The molecule has 0 amide bonds. The van der Waals surface area contributed by atoms with Gasteiger partial charge in [-0.3, -0.25) is 0 Å². The Hall–Kier alpha value is 5.26. The molecule has 0 spiro atoms. The second-order valence-corrected chi connectivity index (χ2v) is 4.50. The van der Waals surface area contributed by atoms with Gasteiger partial charge in [0.15, 0.2) is 0 Å². The van der Waals surface area contributed by atoms with E-state index in [1.807, 2.05) is 0 Å². The zero-order valence-electron chi connectivity index (χ0n) is 10.1. The zero-order valence-corrected chi connectivity index (χ0v) is 22.5. The minimum absolute atomic E-state index is 0. The van der Waals surface area contributed by atoms with Crippen LogP contribution >= 0.6 is 0 Å². The smallest absolute Gasteiger partial charge is 0.894 e. The van der Waals surface area contributed by atoms with Crippen LogP contribution < -0.4 is 128 Å². The Kier molecular flexibility index (Phi) is 60.5. The van der Waals surface area contributed by atoms with E-state index in [4.69, 9.17) is 57.5 Å². The van der Waals surface area contributed by atoms with Gasteiger partial charge in [0.25, 0.3) is 0 Å². The van der Waals surface area contributed by atoms with Crippen molar-refractivity contribution in [2.24, 2.45) is 0 Å². The van der Waals surface area contributed by atoms with Gasteiger partial charge in [-0.15, -0.1) is 0 Å². The van der Waals surface area contributed by atoms with Crippen molar-refractivity contribution in [2.75, 3.05) is 0 Å². The van der Waals surface area contributed by atoms with Crippen LogP contribution in [0.5, 0.6) is 0 Å². The molecule has 0 heterocycles. The Bertz CT molecular complexity index is 114. The summed E-state index contributed by atoms with van der Waals surface area (Å²) < 4.78 is 0. The van der Waals surface area contributed by atoms with Gasteiger partial charge >= 0.3 is 156 Å². The summed E-state index contributed by atoms with van der Waals surface area (Å²) in [4.78, 5) is 103. The minimum Gasteiger partial charge on any atom is -0.894 e. The van der Waals surface area contributed by atoms with E-state index in [2.05, 4.69) is 0 Å². The van der Waals surface area contributed by atoms with Crippen molar-refractivity contribution < 1.29 is 176 Å². The molecule has 0 N–H and O–H groups in total. The first kappa shape index (κ1) is 49.9. The van der Waals surface area contributed by atoms with E-state index in [1.165, 1.54) is 0 Å². The summed E-state index contributed by atoms with van der Waals surface area (Å²) in [5.74, 6) is 0.